The molecule has 0 saturated heterocycles. The zero-order valence-electron chi connectivity index (χ0n) is 8.82. The van der Waals surface area contributed by atoms with Crippen LogP contribution in [0.5, 0.6) is 0 Å². The van der Waals surface area contributed by atoms with Crippen LogP contribution in [0.4, 0.5) is 0 Å². The van der Waals surface area contributed by atoms with Crippen molar-refractivity contribution in [2.75, 3.05) is 14.1 Å². The third kappa shape index (κ3) is 5.21. The molecule has 4 N–H and O–H groups in total. The van der Waals surface area contributed by atoms with Gasteiger partial charge in [-0.25, -0.2) is 0 Å². The van der Waals surface area contributed by atoms with Crippen molar-refractivity contribution in [2.24, 2.45) is 10.7 Å². The van der Waals surface area contributed by atoms with Crippen LogP contribution >= 0.6 is 0 Å². The normalized spacial score (nSPS) is 14.9. The Bertz CT molecular complexity index is 223. The smallest absolute Gasteiger partial charge is 0.109 e. The van der Waals surface area contributed by atoms with Crippen LogP contribution in [0.3, 0.4) is 0 Å². The fourth-order valence-electron chi connectivity index (χ4n) is 0.907. The molecule has 0 aliphatic rings. The molecule has 0 aromatic heterocycles. The van der Waals surface area contributed by atoms with Crippen LogP contribution in [0, 0.1) is 0 Å². The van der Waals surface area contributed by atoms with E-state index in [1.54, 1.807) is 13.1 Å². The van der Waals surface area contributed by atoms with E-state index in [-0.39, 0.29) is 6.04 Å². The maximum absolute atomic E-state index is 5.24. The van der Waals surface area contributed by atoms with Gasteiger partial charge in [0, 0.05) is 14.1 Å². The van der Waals surface area contributed by atoms with Gasteiger partial charge in [0.1, 0.15) is 6.26 Å². The van der Waals surface area contributed by atoms with Gasteiger partial charge >= 0.3 is 0 Å². The van der Waals surface area contributed by atoms with Gasteiger partial charge in [0.25, 0.3) is 0 Å². The van der Waals surface area contributed by atoms with Crippen molar-refractivity contribution in [1.82, 2.24) is 10.8 Å². The highest BCUT2D eigenvalue weighted by Gasteiger charge is 2.02. The lowest BCUT2D eigenvalue weighted by molar-refractivity contribution is 0.158. The standard InChI is InChI=1S/C9H18N4O/c1-8(6-11-2)9(13-7-10)4-5-14-12-3/h4-7,9,11-12H,1-3H3,(H2,10,13)/b5-4+,8-6+. The summed E-state index contributed by atoms with van der Waals surface area (Å²) < 4.78 is 0. The summed E-state index contributed by atoms with van der Waals surface area (Å²) in [7, 11) is 3.52. The van der Waals surface area contributed by atoms with E-state index in [1.165, 1.54) is 12.6 Å². The molecule has 0 amide bonds. The van der Waals surface area contributed by atoms with Gasteiger partial charge in [0.2, 0.25) is 0 Å². The van der Waals surface area contributed by atoms with Gasteiger partial charge in [-0.2, -0.15) is 5.48 Å². The van der Waals surface area contributed by atoms with Crippen LogP contribution in [0.2, 0.25) is 0 Å². The zero-order chi connectivity index (χ0) is 10.8. The van der Waals surface area contributed by atoms with Crippen molar-refractivity contribution in [2.45, 2.75) is 13.0 Å². The molecule has 0 aromatic rings. The molecule has 0 saturated carbocycles. The van der Waals surface area contributed by atoms with Gasteiger partial charge in [0.05, 0.1) is 12.4 Å². The molecule has 0 aliphatic carbocycles. The van der Waals surface area contributed by atoms with Crippen LogP contribution in [0.25, 0.3) is 0 Å². The molecular formula is C9H18N4O. The zero-order valence-corrected chi connectivity index (χ0v) is 8.82. The first-order chi connectivity index (χ1) is 6.76. The molecule has 5 nitrogen and oxygen atoms in total. The Labute approximate surface area is 84.7 Å². The van der Waals surface area contributed by atoms with E-state index in [1.807, 2.05) is 20.2 Å². The summed E-state index contributed by atoms with van der Waals surface area (Å²) in [6.07, 6.45) is 6.47. The minimum Gasteiger partial charge on any atom is -0.417 e. The Morgan fingerprint density at radius 2 is 2.21 bits per heavy atom. The molecule has 0 bridgehead atoms. The van der Waals surface area contributed by atoms with Crippen LogP contribution in [-0.4, -0.2) is 26.5 Å². The van der Waals surface area contributed by atoms with Crippen molar-refractivity contribution in [3.8, 4) is 0 Å². The molecule has 0 spiro atoms. The minimum absolute atomic E-state index is 0.0965. The molecule has 0 aromatic carbocycles. The van der Waals surface area contributed by atoms with Crippen LogP contribution in [0.15, 0.2) is 29.1 Å². The largest absolute Gasteiger partial charge is 0.417 e. The number of hydrogen-bond acceptors (Lipinski definition) is 4. The highest BCUT2D eigenvalue weighted by atomic mass is 16.6. The van der Waals surface area contributed by atoms with E-state index in [0.717, 1.165) is 5.57 Å². The fourth-order valence-corrected chi connectivity index (χ4v) is 0.907. The number of hydroxylamine groups is 1. The fraction of sp³-hybridized carbons (Fsp3) is 0.444. The predicted octanol–water partition coefficient (Wildman–Crippen LogP) is 0.130. The molecule has 0 rings (SSSR count). The third-order valence-corrected chi connectivity index (χ3v) is 1.53. The van der Waals surface area contributed by atoms with Gasteiger partial charge < -0.3 is 15.9 Å². The van der Waals surface area contributed by atoms with E-state index in [9.17, 15) is 0 Å². The molecule has 80 valence electrons. The Morgan fingerprint density at radius 3 is 2.71 bits per heavy atom. The third-order valence-electron chi connectivity index (χ3n) is 1.53. The average Bonchev–Trinajstić information content (AvgIpc) is 2.17. The van der Waals surface area contributed by atoms with Crippen LogP contribution < -0.4 is 16.5 Å². The van der Waals surface area contributed by atoms with Crippen LogP contribution in [0.1, 0.15) is 6.92 Å². The van der Waals surface area contributed by atoms with Gasteiger partial charge in [-0.1, -0.05) is 0 Å². The Hall–Kier alpha value is -1.49. The molecule has 0 radical (unpaired) electrons. The van der Waals surface area contributed by atoms with Crippen molar-refractivity contribution in [3.05, 3.63) is 24.1 Å². The highest BCUT2D eigenvalue weighted by molar-refractivity contribution is 5.52. The SMILES string of the molecule is CN/C=C(\C)C(/C=C/ONC)N=CN. The molecule has 0 fully saturated rings. The Kier molecular flexibility index (Phi) is 7.26. The second kappa shape index (κ2) is 8.12. The summed E-state index contributed by atoms with van der Waals surface area (Å²) in [6.45, 7) is 1.96. The average molecular weight is 198 g/mol. The maximum Gasteiger partial charge on any atom is 0.109 e. The van der Waals surface area contributed by atoms with Gasteiger partial charge in [-0.15, -0.1) is 0 Å². The quantitative estimate of drug-likeness (QED) is 0.245. The Morgan fingerprint density at radius 1 is 1.50 bits per heavy atom. The lowest BCUT2D eigenvalue weighted by atomic mass is 10.1. The summed E-state index contributed by atoms with van der Waals surface area (Å²) in [5.41, 5.74) is 8.82. The molecule has 0 aliphatic heterocycles. The molecule has 0 heterocycles. The summed E-state index contributed by atoms with van der Waals surface area (Å²) in [6, 6.07) is -0.0965. The summed E-state index contributed by atoms with van der Waals surface area (Å²) in [5.74, 6) is 0. The van der Waals surface area contributed by atoms with Crippen molar-refractivity contribution in [1.29, 1.82) is 0 Å². The van der Waals surface area contributed by atoms with E-state index >= 15 is 0 Å². The first-order valence-electron chi connectivity index (χ1n) is 4.32. The first kappa shape index (κ1) is 12.5. The van der Waals surface area contributed by atoms with Gasteiger partial charge in [-0.05, 0) is 24.8 Å². The monoisotopic (exact) mass is 198 g/mol. The highest BCUT2D eigenvalue weighted by Crippen LogP contribution is 2.05. The molecule has 14 heavy (non-hydrogen) atoms. The van der Waals surface area contributed by atoms with Crippen molar-refractivity contribution in [3.63, 3.8) is 0 Å². The molecule has 5 heteroatoms. The van der Waals surface area contributed by atoms with Gasteiger partial charge in [-0.3, -0.25) is 4.99 Å². The Balaban J connectivity index is 4.35. The van der Waals surface area contributed by atoms with Crippen molar-refractivity contribution >= 4 is 6.34 Å². The van der Waals surface area contributed by atoms with Gasteiger partial charge in [0.15, 0.2) is 0 Å². The van der Waals surface area contributed by atoms with Crippen LogP contribution in [-0.2, 0) is 4.84 Å². The number of nitrogens with zero attached hydrogens (tertiary/aromatic N) is 1. The van der Waals surface area contributed by atoms with E-state index in [2.05, 4.69) is 15.8 Å². The lowest BCUT2D eigenvalue weighted by Crippen LogP contribution is -2.09. The molecular weight excluding hydrogens is 180 g/mol. The van der Waals surface area contributed by atoms with E-state index in [4.69, 9.17) is 10.6 Å². The molecule has 1 atom stereocenters. The number of aliphatic imine (C=N–C) groups is 1. The predicted molar refractivity (Wildman–Crippen MR) is 58.6 cm³/mol. The minimum atomic E-state index is -0.0965. The van der Waals surface area contributed by atoms with E-state index in [0.29, 0.717) is 0 Å². The molecule has 1 unspecified atom stereocenters. The second-order valence-corrected chi connectivity index (χ2v) is 2.57. The number of rotatable bonds is 6. The summed E-state index contributed by atoms with van der Waals surface area (Å²) >= 11 is 0. The first-order valence-corrected chi connectivity index (χ1v) is 4.32. The number of nitrogens with one attached hydrogen (secondary N) is 2. The summed E-state index contributed by atoms with van der Waals surface area (Å²) in [4.78, 5) is 8.91. The second-order valence-electron chi connectivity index (χ2n) is 2.57. The van der Waals surface area contributed by atoms with E-state index < -0.39 is 0 Å². The van der Waals surface area contributed by atoms with Crippen molar-refractivity contribution < 1.29 is 4.84 Å². The number of hydrogen-bond donors (Lipinski definition) is 3. The lowest BCUT2D eigenvalue weighted by Gasteiger charge is -2.07. The summed E-state index contributed by atoms with van der Waals surface area (Å²) in [5, 5.41) is 2.93. The maximum atomic E-state index is 5.24. The number of nitrogens with two attached hydrogens (primary N) is 1. The topological polar surface area (TPSA) is 71.7 Å².